The highest BCUT2D eigenvalue weighted by atomic mass is 35.5. The quantitative estimate of drug-likeness (QED) is 0.679. The Balaban J connectivity index is 2.14. The fourth-order valence-electron chi connectivity index (χ4n) is 2.90. The maximum atomic E-state index is 11.5. The van der Waals surface area contributed by atoms with Crippen LogP contribution in [0.4, 0.5) is 0 Å². The number of ether oxygens (including phenoxy) is 1. The van der Waals surface area contributed by atoms with E-state index in [1.54, 1.807) is 18.2 Å². The van der Waals surface area contributed by atoms with E-state index in [-0.39, 0.29) is 23.6 Å². The molecule has 0 fully saturated rings. The number of halogens is 1. The number of hydrogen-bond acceptors (Lipinski definition) is 5. The molecule has 1 heterocycles. The summed E-state index contributed by atoms with van der Waals surface area (Å²) in [6, 6.07) is 9.07. The Morgan fingerprint density at radius 3 is 2.63 bits per heavy atom. The lowest BCUT2D eigenvalue weighted by Gasteiger charge is -2.23. The van der Waals surface area contributed by atoms with Crippen LogP contribution in [-0.2, 0) is 21.4 Å². The Hall–Kier alpha value is -2.60. The zero-order valence-corrected chi connectivity index (χ0v) is 16.5. The number of carbonyl (C=O) groups excluding carboxylic acids is 1. The molecule has 0 aliphatic heterocycles. The molecule has 0 saturated carbocycles. The molecule has 2 aromatic carbocycles. The summed E-state index contributed by atoms with van der Waals surface area (Å²) < 4.78 is 4.73. The van der Waals surface area contributed by atoms with Gasteiger partial charge in [-0.1, -0.05) is 44.5 Å². The van der Waals surface area contributed by atoms with E-state index in [9.17, 15) is 9.90 Å². The van der Waals surface area contributed by atoms with E-state index in [1.807, 2.05) is 32.9 Å². The fraction of sp³-hybridized carbons (Fsp3) is 0.350. The molecule has 27 heavy (non-hydrogen) atoms. The molecule has 1 aromatic heterocycles. The SMILES string of the molecule is COC(=O)CCc1cc(-n2nc3cccc(Cl)c3n2)c(O)c(C(C)(C)C)c1. The van der Waals surface area contributed by atoms with E-state index in [0.29, 0.717) is 28.2 Å². The zero-order chi connectivity index (χ0) is 19.8. The molecule has 0 aliphatic rings. The van der Waals surface area contributed by atoms with Crippen molar-refractivity contribution in [1.82, 2.24) is 15.0 Å². The van der Waals surface area contributed by atoms with Gasteiger partial charge < -0.3 is 9.84 Å². The zero-order valence-electron chi connectivity index (χ0n) is 15.8. The number of phenols is 1. The van der Waals surface area contributed by atoms with Gasteiger partial charge in [0.05, 0.1) is 12.1 Å². The third-order valence-corrected chi connectivity index (χ3v) is 4.69. The summed E-state index contributed by atoms with van der Waals surface area (Å²) in [7, 11) is 1.37. The van der Waals surface area contributed by atoms with Crippen LogP contribution in [0.1, 0.15) is 38.3 Å². The second kappa shape index (κ2) is 7.19. The summed E-state index contributed by atoms with van der Waals surface area (Å²) in [5, 5.41) is 20.3. The van der Waals surface area contributed by atoms with Crippen molar-refractivity contribution in [2.45, 2.75) is 39.0 Å². The van der Waals surface area contributed by atoms with Gasteiger partial charge in [-0.15, -0.1) is 15.0 Å². The molecule has 3 aromatic rings. The third-order valence-electron chi connectivity index (χ3n) is 4.38. The Labute approximate surface area is 162 Å². The molecule has 0 unspecified atom stereocenters. The van der Waals surface area contributed by atoms with Crippen molar-refractivity contribution in [3.63, 3.8) is 0 Å². The van der Waals surface area contributed by atoms with Gasteiger partial charge >= 0.3 is 5.97 Å². The number of aryl methyl sites for hydroxylation is 1. The number of methoxy groups -OCH3 is 1. The van der Waals surface area contributed by atoms with Gasteiger partial charge in [0, 0.05) is 12.0 Å². The normalized spacial score (nSPS) is 11.7. The molecule has 142 valence electrons. The monoisotopic (exact) mass is 387 g/mol. The van der Waals surface area contributed by atoms with E-state index >= 15 is 0 Å². The molecule has 0 radical (unpaired) electrons. The summed E-state index contributed by atoms with van der Waals surface area (Å²) in [6.45, 7) is 6.04. The largest absolute Gasteiger partial charge is 0.505 e. The molecule has 0 bridgehead atoms. The minimum Gasteiger partial charge on any atom is -0.505 e. The molecule has 0 amide bonds. The van der Waals surface area contributed by atoms with E-state index in [1.165, 1.54) is 11.9 Å². The van der Waals surface area contributed by atoms with E-state index in [0.717, 1.165) is 11.1 Å². The lowest BCUT2D eigenvalue weighted by Crippen LogP contribution is -2.14. The third kappa shape index (κ3) is 3.90. The number of phenolic OH excluding ortho intramolecular Hbond substituents is 1. The number of benzene rings is 2. The van der Waals surface area contributed by atoms with Crippen molar-refractivity contribution in [1.29, 1.82) is 0 Å². The Bertz CT molecular complexity index is 1010. The molecule has 6 nitrogen and oxygen atoms in total. The average Bonchev–Trinajstić information content (AvgIpc) is 3.05. The highest BCUT2D eigenvalue weighted by Crippen LogP contribution is 2.36. The first kappa shape index (κ1) is 19.2. The van der Waals surface area contributed by atoms with E-state index < -0.39 is 0 Å². The second-order valence-electron chi connectivity index (χ2n) is 7.43. The molecule has 1 N–H and O–H groups in total. The summed E-state index contributed by atoms with van der Waals surface area (Å²) in [5.74, 6) is -0.169. The van der Waals surface area contributed by atoms with Crippen molar-refractivity contribution in [2.24, 2.45) is 0 Å². The number of aromatic nitrogens is 3. The van der Waals surface area contributed by atoms with Crippen LogP contribution in [0.5, 0.6) is 5.75 Å². The Kier molecular flexibility index (Phi) is 5.11. The van der Waals surface area contributed by atoms with Gasteiger partial charge in [-0.3, -0.25) is 4.79 Å². The van der Waals surface area contributed by atoms with Crippen LogP contribution in [0.25, 0.3) is 16.7 Å². The van der Waals surface area contributed by atoms with Gasteiger partial charge in [0.15, 0.2) is 0 Å². The smallest absolute Gasteiger partial charge is 0.305 e. The standard InChI is InChI=1S/C20H22ClN3O3/c1-20(2,3)13-10-12(8-9-17(25)27-4)11-16(19(13)26)24-22-15-7-5-6-14(21)18(15)23-24/h5-7,10-11,26H,8-9H2,1-4H3. The van der Waals surface area contributed by atoms with Crippen LogP contribution in [0, 0.1) is 0 Å². The lowest BCUT2D eigenvalue weighted by molar-refractivity contribution is -0.140. The van der Waals surface area contributed by atoms with Crippen LogP contribution in [0.3, 0.4) is 0 Å². The van der Waals surface area contributed by atoms with Gasteiger partial charge in [-0.2, -0.15) is 0 Å². The minimum atomic E-state index is -0.301. The summed E-state index contributed by atoms with van der Waals surface area (Å²) >= 11 is 6.20. The topological polar surface area (TPSA) is 77.2 Å². The molecule has 0 spiro atoms. The van der Waals surface area contributed by atoms with Crippen LogP contribution in [0.2, 0.25) is 5.02 Å². The predicted octanol–water partition coefficient (Wildman–Crippen LogP) is 4.18. The average molecular weight is 388 g/mol. The number of rotatable bonds is 4. The first-order valence-corrected chi connectivity index (χ1v) is 9.03. The van der Waals surface area contributed by atoms with Gasteiger partial charge in [-0.05, 0) is 35.6 Å². The van der Waals surface area contributed by atoms with Gasteiger partial charge in [0.1, 0.15) is 22.5 Å². The summed E-state index contributed by atoms with van der Waals surface area (Å²) in [4.78, 5) is 12.9. The lowest BCUT2D eigenvalue weighted by atomic mass is 9.84. The number of fused-ring (bicyclic) bond motifs is 1. The fourth-order valence-corrected chi connectivity index (χ4v) is 3.11. The molecule has 7 heteroatoms. The first-order chi connectivity index (χ1) is 12.7. The molecular formula is C20H22ClN3O3. The second-order valence-corrected chi connectivity index (χ2v) is 7.84. The minimum absolute atomic E-state index is 0.112. The summed E-state index contributed by atoms with van der Waals surface area (Å²) in [6.07, 6.45) is 0.745. The van der Waals surface area contributed by atoms with Gasteiger partial charge in [-0.25, -0.2) is 0 Å². The number of aromatic hydroxyl groups is 1. The summed E-state index contributed by atoms with van der Waals surface area (Å²) in [5.41, 5.74) is 3.01. The van der Waals surface area contributed by atoms with Crippen molar-refractivity contribution in [3.8, 4) is 11.4 Å². The Morgan fingerprint density at radius 1 is 1.26 bits per heavy atom. The van der Waals surface area contributed by atoms with E-state index in [2.05, 4.69) is 10.2 Å². The van der Waals surface area contributed by atoms with Crippen molar-refractivity contribution >= 4 is 28.6 Å². The maximum absolute atomic E-state index is 11.5. The van der Waals surface area contributed by atoms with Crippen LogP contribution < -0.4 is 0 Å². The van der Waals surface area contributed by atoms with Gasteiger partial charge in [0.25, 0.3) is 0 Å². The number of hydrogen-bond donors (Lipinski definition) is 1. The van der Waals surface area contributed by atoms with Crippen molar-refractivity contribution in [2.75, 3.05) is 7.11 Å². The number of carbonyl (C=O) groups is 1. The van der Waals surface area contributed by atoms with Gasteiger partial charge in [0.2, 0.25) is 0 Å². The van der Waals surface area contributed by atoms with Crippen LogP contribution in [-0.4, -0.2) is 33.2 Å². The van der Waals surface area contributed by atoms with E-state index in [4.69, 9.17) is 16.3 Å². The van der Waals surface area contributed by atoms with Crippen molar-refractivity contribution in [3.05, 3.63) is 46.5 Å². The van der Waals surface area contributed by atoms with Crippen molar-refractivity contribution < 1.29 is 14.6 Å². The first-order valence-electron chi connectivity index (χ1n) is 8.66. The number of esters is 1. The number of nitrogens with zero attached hydrogens (tertiary/aromatic N) is 3. The highest BCUT2D eigenvalue weighted by Gasteiger charge is 2.23. The Morgan fingerprint density at radius 2 is 2.00 bits per heavy atom. The predicted molar refractivity (Wildman–Crippen MR) is 105 cm³/mol. The molecule has 0 atom stereocenters. The molecule has 3 rings (SSSR count). The van der Waals surface area contributed by atoms with Crippen LogP contribution in [0.15, 0.2) is 30.3 Å². The molecule has 0 aliphatic carbocycles. The molecule has 0 saturated heterocycles. The molecular weight excluding hydrogens is 366 g/mol. The highest BCUT2D eigenvalue weighted by molar-refractivity contribution is 6.34. The van der Waals surface area contributed by atoms with Crippen LogP contribution >= 0.6 is 11.6 Å². The maximum Gasteiger partial charge on any atom is 0.305 e.